The first-order valence-corrected chi connectivity index (χ1v) is 11.1. The largest absolute Gasteiger partial charge is 0.388 e. The Hall–Kier alpha value is -1.36. The van der Waals surface area contributed by atoms with Gasteiger partial charge in [0.1, 0.15) is 4.83 Å². The second-order valence-electron chi connectivity index (χ2n) is 7.12. The first-order valence-electron chi connectivity index (χ1n) is 10.3. The van der Waals surface area contributed by atoms with Crippen molar-refractivity contribution in [1.29, 1.82) is 0 Å². The molecule has 2 aromatic heterocycles. The van der Waals surface area contributed by atoms with Crippen LogP contribution < -0.4 is 10.5 Å². The Morgan fingerprint density at radius 3 is 2.23 bits per heavy atom. The van der Waals surface area contributed by atoms with Crippen molar-refractivity contribution < 1.29 is 4.42 Å². The van der Waals surface area contributed by atoms with E-state index in [-0.39, 0.29) is 5.63 Å². The molecule has 0 N–H and O–H groups in total. The zero-order chi connectivity index (χ0) is 18.8. The van der Waals surface area contributed by atoms with Crippen molar-refractivity contribution in [2.24, 2.45) is 0 Å². The summed E-state index contributed by atoms with van der Waals surface area (Å²) in [6.07, 6.45) is 13.2. The van der Waals surface area contributed by atoms with Gasteiger partial charge >= 0.3 is 11.6 Å². The fraction of sp³-hybridized carbons (Fsp3) is 0.714. The molecule has 0 aliphatic rings. The minimum Gasteiger partial charge on any atom is -0.388 e. The van der Waals surface area contributed by atoms with E-state index in [0.29, 0.717) is 11.4 Å². The van der Waals surface area contributed by atoms with Crippen LogP contribution in [0.4, 0.5) is 6.01 Å². The van der Waals surface area contributed by atoms with Gasteiger partial charge in [-0.3, -0.25) is 0 Å². The van der Waals surface area contributed by atoms with Gasteiger partial charge in [-0.1, -0.05) is 64.7 Å². The maximum absolute atomic E-state index is 12.1. The lowest BCUT2D eigenvalue weighted by atomic mass is 10.1. The Labute approximate surface area is 161 Å². The van der Waals surface area contributed by atoms with Crippen LogP contribution in [0, 0.1) is 6.92 Å². The second-order valence-corrected chi connectivity index (χ2v) is 8.36. The summed E-state index contributed by atoms with van der Waals surface area (Å²) in [4.78, 5) is 20.7. The number of thiophene rings is 1. The van der Waals surface area contributed by atoms with Crippen LogP contribution in [0.15, 0.2) is 15.3 Å². The van der Waals surface area contributed by atoms with Gasteiger partial charge < -0.3 is 9.32 Å². The molecule has 0 bridgehead atoms. The Bertz CT molecular complexity index is 708. The van der Waals surface area contributed by atoms with E-state index in [2.05, 4.69) is 23.7 Å². The Morgan fingerprint density at radius 2 is 1.62 bits per heavy atom. The van der Waals surface area contributed by atoms with E-state index in [1.54, 1.807) is 11.3 Å². The van der Waals surface area contributed by atoms with Gasteiger partial charge in [0, 0.05) is 18.0 Å². The van der Waals surface area contributed by atoms with Crippen LogP contribution in [-0.2, 0) is 0 Å². The Kier molecular flexibility index (Phi) is 9.16. The predicted octanol–water partition coefficient (Wildman–Crippen LogP) is 6.31. The summed E-state index contributed by atoms with van der Waals surface area (Å²) in [6.45, 7) is 8.05. The average Bonchev–Trinajstić information content (AvgIpc) is 3.01. The van der Waals surface area contributed by atoms with E-state index in [9.17, 15) is 4.79 Å². The Morgan fingerprint density at radius 1 is 1.00 bits per heavy atom. The highest BCUT2D eigenvalue weighted by atomic mass is 32.1. The molecule has 0 aliphatic heterocycles. The lowest BCUT2D eigenvalue weighted by molar-refractivity contribution is 0.481. The molecule has 0 aliphatic carbocycles. The lowest BCUT2D eigenvalue weighted by Gasteiger charge is -2.19. The molecule has 0 saturated heterocycles. The van der Waals surface area contributed by atoms with Crippen LogP contribution in [0.1, 0.15) is 82.9 Å². The standard InChI is InChI=1S/C21H34N2O2S/c1-4-6-7-8-9-10-11-12-13-14-15-23(5-2)21-22-19-18(20(24)25-21)16-17(3)26-19/h16H,4-15H2,1-3H3. The lowest BCUT2D eigenvalue weighted by Crippen LogP contribution is -2.26. The number of fused-ring (bicyclic) bond motifs is 1. The number of rotatable bonds is 13. The van der Waals surface area contributed by atoms with Crippen LogP contribution >= 0.6 is 11.3 Å². The average molecular weight is 379 g/mol. The zero-order valence-electron chi connectivity index (χ0n) is 16.7. The minimum atomic E-state index is -0.268. The summed E-state index contributed by atoms with van der Waals surface area (Å²) in [5.74, 6) is 0. The summed E-state index contributed by atoms with van der Waals surface area (Å²) in [6, 6.07) is 2.34. The molecule has 2 heterocycles. The van der Waals surface area contributed by atoms with E-state index in [0.717, 1.165) is 29.2 Å². The molecule has 0 aromatic carbocycles. The minimum absolute atomic E-state index is 0.268. The third-order valence-electron chi connectivity index (χ3n) is 4.87. The topological polar surface area (TPSA) is 46.3 Å². The molecular formula is C21H34N2O2S. The van der Waals surface area contributed by atoms with Crippen molar-refractivity contribution >= 4 is 27.6 Å². The summed E-state index contributed by atoms with van der Waals surface area (Å²) in [5, 5.41) is 0.603. The van der Waals surface area contributed by atoms with E-state index in [1.807, 2.05) is 13.0 Å². The van der Waals surface area contributed by atoms with Crippen LogP contribution in [0.5, 0.6) is 0 Å². The van der Waals surface area contributed by atoms with Gasteiger partial charge in [0.15, 0.2) is 0 Å². The molecule has 0 atom stereocenters. The highest BCUT2D eigenvalue weighted by Crippen LogP contribution is 2.23. The van der Waals surface area contributed by atoms with Crippen LogP contribution in [0.25, 0.3) is 10.2 Å². The van der Waals surface area contributed by atoms with Gasteiger partial charge in [-0.05, 0) is 26.3 Å². The summed E-state index contributed by atoms with van der Waals surface area (Å²) < 4.78 is 5.47. The molecule has 0 unspecified atom stereocenters. The van der Waals surface area contributed by atoms with E-state index < -0.39 is 0 Å². The first kappa shape index (κ1) is 20.9. The van der Waals surface area contributed by atoms with Gasteiger partial charge in [0.2, 0.25) is 0 Å². The van der Waals surface area contributed by atoms with Crippen LogP contribution in [0.2, 0.25) is 0 Å². The Balaban J connectivity index is 1.72. The van der Waals surface area contributed by atoms with Gasteiger partial charge in [0.25, 0.3) is 0 Å². The van der Waals surface area contributed by atoms with Gasteiger partial charge in [-0.15, -0.1) is 11.3 Å². The number of hydrogen-bond acceptors (Lipinski definition) is 5. The molecule has 0 radical (unpaired) electrons. The van der Waals surface area contributed by atoms with Crippen molar-refractivity contribution in [2.45, 2.75) is 85.0 Å². The van der Waals surface area contributed by atoms with Crippen molar-refractivity contribution in [3.63, 3.8) is 0 Å². The molecule has 26 heavy (non-hydrogen) atoms. The van der Waals surface area contributed by atoms with E-state index in [1.165, 1.54) is 57.8 Å². The van der Waals surface area contributed by atoms with Crippen molar-refractivity contribution in [1.82, 2.24) is 4.98 Å². The maximum Gasteiger partial charge on any atom is 0.349 e. The molecule has 0 amide bonds. The zero-order valence-corrected chi connectivity index (χ0v) is 17.5. The molecule has 146 valence electrons. The highest BCUT2D eigenvalue weighted by Gasteiger charge is 2.14. The monoisotopic (exact) mass is 378 g/mol. The van der Waals surface area contributed by atoms with Gasteiger partial charge in [-0.2, -0.15) is 4.98 Å². The maximum atomic E-state index is 12.1. The number of unbranched alkanes of at least 4 members (excludes halogenated alkanes) is 9. The van der Waals surface area contributed by atoms with Crippen molar-refractivity contribution in [3.05, 3.63) is 21.4 Å². The summed E-state index contributed by atoms with van der Waals surface area (Å²) in [5.41, 5.74) is -0.268. The summed E-state index contributed by atoms with van der Waals surface area (Å²) >= 11 is 1.55. The number of anilines is 1. The fourth-order valence-electron chi connectivity index (χ4n) is 3.29. The molecule has 0 spiro atoms. The quantitative estimate of drug-likeness (QED) is 0.383. The molecular weight excluding hydrogens is 344 g/mol. The molecule has 2 rings (SSSR count). The SMILES string of the molecule is CCCCCCCCCCCCN(CC)c1nc2sc(C)cc2c(=O)o1. The predicted molar refractivity (Wildman–Crippen MR) is 113 cm³/mol. The normalized spacial score (nSPS) is 11.3. The van der Waals surface area contributed by atoms with Crippen LogP contribution in [0.3, 0.4) is 0 Å². The second kappa shape index (κ2) is 11.4. The van der Waals surface area contributed by atoms with Crippen molar-refractivity contribution in [2.75, 3.05) is 18.0 Å². The highest BCUT2D eigenvalue weighted by molar-refractivity contribution is 7.18. The third-order valence-corrected chi connectivity index (χ3v) is 5.81. The summed E-state index contributed by atoms with van der Waals surface area (Å²) in [7, 11) is 0. The molecule has 5 heteroatoms. The van der Waals surface area contributed by atoms with Crippen molar-refractivity contribution in [3.8, 4) is 0 Å². The molecule has 2 aromatic rings. The number of aryl methyl sites for hydroxylation is 1. The number of aromatic nitrogens is 1. The third kappa shape index (κ3) is 6.42. The molecule has 0 saturated carbocycles. The number of hydrogen-bond donors (Lipinski definition) is 0. The molecule has 0 fully saturated rings. The smallest absolute Gasteiger partial charge is 0.349 e. The first-order chi connectivity index (χ1) is 12.7. The fourth-order valence-corrected chi connectivity index (χ4v) is 4.15. The number of nitrogens with zero attached hydrogens (tertiary/aromatic N) is 2. The molecule has 4 nitrogen and oxygen atoms in total. The van der Waals surface area contributed by atoms with Gasteiger partial charge in [-0.25, -0.2) is 4.79 Å². The van der Waals surface area contributed by atoms with Crippen LogP contribution in [-0.4, -0.2) is 18.1 Å². The van der Waals surface area contributed by atoms with E-state index >= 15 is 0 Å². The van der Waals surface area contributed by atoms with E-state index in [4.69, 9.17) is 4.42 Å². The van der Waals surface area contributed by atoms with Gasteiger partial charge in [0.05, 0.1) is 5.39 Å².